The molecule has 0 amide bonds. The van der Waals surface area contributed by atoms with Crippen molar-refractivity contribution in [2.75, 3.05) is 7.11 Å². The molecule has 1 aromatic rings. The minimum absolute atomic E-state index is 0.201. The Kier molecular flexibility index (Phi) is 3.83. The number of esters is 1. The van der Waals surface area contributed by atoms with Gasteiger partial charge >= 0.3 is 5.97 Å². The van der Waals surface area contributed by atoms with Gasteiger partial charge in [-0.1, -0.05) is 15.9 Å². The summed E-state index contributed by atoms with van der Waals surface area (Å²) in [7, 11) is 1.27. The Balaban J connectivity index is 3.43. The van der Waals surface area contributed by atoms with Gasteiger partial charge in [-0.2, -0.15) is 5.26 Å². The van der Waals surface area contributed by atoms with Crippen LogP contribution in [0.15, 0.2) is 16.6 Å². The predicted molar refractivity (Wildman–Crippen MR) is 58.1 cm³/mol. The largest absolute Gasteiger partial charge is 0.465 e. The molecule has 0 aliphatic carbocycles. The van der Waals surface area contributed by atoms with Crippen molar-refractivity contribution in [3.63, 3.8) is 0 Å². The van der Waals surface area contributed by atoms with Gasteiger partial charge in [-0.3, -0.25) is 0 Å². The summed E-state index contributed by atoms with van der Waals surface area (Å²) < 4.78 is 5.28. The molecule has 0 aliphatic heterocycles. The number of nitriles is 1. The summed E-state index contributed by atoms with van der Waals surface area (Å²) in [6, 6.07) is 5.21. The van der Waals surface area contributed by atoms with Gasteiger partial charge in [-0.25, -0.2) is 4.79 Å². The lowest BCUT2D eigenvalue weighted by molar-refractivity contribution is 0.0600. The van der Waals surface area contributed by atoms with Crippen molar-refractivity contribution >= 4 is 21.9 Å². The van der Waals surface area contributed by atoms with Crippen LogP contribution in [0.25, 0.3) is 0 Å². The van der Waals surface area contributed by atoms with Crippen LogP contribution in [0.2, 0.25) is 0 Å². The number of carbonyl (C=O) groups is 1. The number of ether oxygens (including phenoxy) is 1. The lowest BCUT2D eigenvalue weighted by Crippen LogP contribution is -2.09. The summed E-state index contributed by atoms with van der Waals surface area (Å²) in [5.41, 5.74) is 6.60. The van der Waals surface area contributed by atoms with Gasteiger partial charge in [0.2, 0.25) is 0 Å². The summed E-state index contributed by atoms with van der Waals surface area (Å²) >= 11 is 3.24. The highest BCUT2D eigenvalue weighted by Crippen LogP contribution is 2.21. The Hall–Kier alpha value is -1.38. The first-order chi connectivity index (χ1) is 7.13. The minimum atomic E-state index is -0.539. The van der Waals surface area contributed by atoms with Crippen molar-refractivity contribution in [2.24, 2.45) is 5.73 Å². The third kappa shape index (κ3) is 2.35. The van der Waals surface area contributed by atoms with E-state index in [1.165, 1.54) is 7.11 Å². The van der Waals surface area contributed by atoms with E-state index >= 15 is 0 Å². The summed E-state index contributed by atoms with van der Waals surface area (Å²) in [5, 5.41) is 8.94. The average molecular weight is 269 g/mol. The number of methoxy groups -OCH3 is 1. The Morgan fingerprint density at radius 3 is 2.80 bits per heavy atom. The molecular weight excluding hydrogens is 260 g/mol. The molecule has 4 nitrogen and oxygen atoms in total. The Bertz CT molecular complexity index is 438. The van der Waals surface area contributed by atoms with Crippen molar-refractivity contribution in [1.29, 1.82) is 5.26 Å². The van der Waals surface area contributed by atoms with Crippen LogP contribution >= 0.6 is 15.9 Å². The molecule has 15 heavy (non-hydrogen) atoms. The lowest BCUT2D eigenvalue weighted by Gasteiger charge is -2.07. The molecule has 78 valence electrons. The van der Waals surface area contributed by atoms with Crippen molar-refractivity contribution in [3.05, 3.63) is 33.3 Å². The van der Waals surface area contributed by atoms with Crippen molar-refractivity contribution in [1.82, 2.24) is 0 Å². The molecule has 2 N–H and O–H groups in total. The van der Waals surface area contributed by atoms with Gasteiger partial charge in [0.05, 0.1) is 18.2 Å². The Labute approximate surface area is 95.8 Å². The van der Waals surface area contributed by atoms with Crippen LogP contribution in [-0.2, 0) is 11.3 Å². The maximum absolute atomic E-state index is 11.4. The Morgan fingerprint density at radius 2 is 2.33 bits per heavy atom. The van der Waals surface area contributed by atoms with Gasteiger partial charge < -0.3 is 10.5 Å². The maximum Gasteiger partial charge on any atom is 0.339 e. The first-order valence-electron chi connectivity index (χ1n) is 4.15. The fourth-order valence-electron chi connectivity index (χ4n) is 1.23. The molecule has 0 saturated heterocycles. The highest BCUT2D eigenvalue weighted by molar-refractivity contribution is 9.10. The second kappa shape index (κ2) is 4.91. The standard InChI is InChI=1S/C10H9BrN2O2/c1-15-10(14)8-3-7(11)2-6(4-12)9(8)5-13/h2-3H,4,12H2,1H3. The van der Waals surface area contributed by atoms with E-state index in [0.717, 1.165) is 0 Å². The minimum Gasteiger partial charge on any atom is -0.465 e. The van der Waals surface area contributed by atoms with Gasteiger partial charge in [0, 0.05) is 11.0 Å². The lowest BCUT2D eigenvalue weighted by atomic mass is 10.0. The van der Waals surface area contributed by atoms with E-state index in [9.17, 15) is 4.79 Å². The van der Waals surface area contributed by atoms with Crippen LogP contribution in [0.3, 0.4) is 0 Å². The molecule has 1 aromatic carbocycles. The zero-order valence-corrected chi connectivity index (χ0v) is 9.67. The van der Waals surface area contributed by atoms with Crippen molar-refractivity contribution < 1.29 is 9.53 Å². The van der Waals surface area contributed by atoms with Gasteiger partial charge in [-0.05, 0) is 17.7 Å². The van der Waals surface area contributed by atoms with Gasteiger partial charge in [0.1, 0.15) is 6.07 Å². The van der Waals surface area contributed by atoms with Crippen LogP contribution < -0.4 is 5.73 Å². The second-order valence-corrected chi connectivity index (χ2v) is 3.71. The molecule has 0 spiro atoms. The van der Waals surface area contributed by atoms with E-state index in [1.54, 1.807) is 12.1 Å². The molecule has 0 radical (unpaired) electrons. The van der Waals surface area contributed by atoms with Gasteiger partial charge in [0.15, 0.2) is 0 Å². The smallest absolute Gasteiger partial charge is 0.339 e. The number of nitrogens with zero attached hydrogens (tertiary/aromatic N) is 1. The zero-order valence-electron chi connectivity index (χ0n) is 8.08. The van der Waals surface area contributed by atoms with Crippen LogP contribution in [-0.4, -0.2) is 13.1 Å². The van der Waals surface area contributed by atoms with Gasteiger partial charge in [0.25, 0.3) is 0 Å². The number of carbonyl (C=O) groups excluding carboxylic acids is 1. The maximum atomic E-state index is 11.4. The fraction of sp³-hybridized carbons (Fsp3) is 0.200. The highest BCUT2D eigenvalue weighted by Gasteiger charge is 2.15. The first-order valence-corrected chi connectivity index (χ1v) is 4.94. The molecule has 1 rings (SSSR count). The Morgan fingerprint density at radius 1 is 1.67 bits per heavy atom. The zero-order chi connectivity index (χ0) is 11.4. The number of hydrogen-bond donors (Lipinski definition) is 1. The molecule has 0 saturated carbocycles. The molecule has 0 heterocycles. The molecule has 0 atom stereocenters. The van der Waals surface area contributed by atoms with Crippen LogP contribution in [0, 0.1) is 11.3 Å². The van der Waals surface area contributed by atoms with E-state index < -0.39 is 5.97 Å². The third-order valence-electron chi connectivity index (χ3n) is 1.92. The predicted octanol–water partition coefficient (Wildman–Crippen LogP) is 1.57. The summed E-state index contributed by atoms with van der Waals surface area (Å²) in [6.07, 6.45) is 0. The molecule has 0 aromatic heterocycles. The number of nitrogens with two attached hydrogens (primary N) is 1. The summed E-state index contributed by atoms with van der Waals surface area (Å²) in [5.74, 6) is -0.539. The molecule has 0 unspecified atom stereocenters. The highest BCUT2D eigenvalue weighted by atomic mass is 79.9. The number of halogens is 1. The van der Waals surface area contributed by atoms with Gasteiger partial charge in [-0.15, -0.1) is 0 Å². The second-order valence-electron chi connectivity index (χ2n) is 2.79. The number of hydrogen-bond acceptors (Lipinski definition) is 4. The normalized spacial score (nSPS) is 9.47. The quantitative estimate of drug-likeness (QED) is 0.827. The van der Waals surface area contributed by atoms with E-state index in [0.29, 0.717) is 10.0 Å². The first kappa shape index (κ1) is 11.7. The monoisotopic (exact) mass is 268 g/mol. The number of benzene rings is 1. The summed E-state index contributed by atoms with van der Waals surface area (Å²) in [6.45, 7) is 0.201. The van der Waals surface area contributed by atoms with Crippen LogP contribution in [0.5, 0.6) is 0 Å². The van der Waals surface area contributed by atoms with Crippen molar-refractivity contribution in [2.45, 2.75) is 6.54 Å². The van der Waals surface area contributed by atoms with Crippen LogP contribution in [0.4, 0.5) is 0 Å². The van der Waals surface area contributed by atoms with E-state index in [4.69, 9.17) is 11.0 Å². The third-order valence-corrected chi connectivity index (χ3v) is 2.38. The molecule has 5 heteroatoms. The van der Waals surface area contributed by atoms with E-state index in [1.807, 2.05) is 6.07 Å². The molecular formula is C10H9BrN2O2. The average Bonchev–Trinajstić information content (AvgIpc) is 2.26. The van der Waals surface area contributed by atoms with Crippen molar-refractivity contribution in [3.8, 4) is 6.07 Å². The number of rotatable bonds is 2. The van der Waals surface area contributed by atoms with Crippen LogP contribution in [0.1, 0.15) is 21.5 Å². The molecule has 0 bridgehead atoms. The molecule has 0 aliphatic rings. The topological polar surface area (TPSA) is 76.1 Å². The molecule has 0 fully saturated rings. The van der Waals surface area contributed by atoms with E-state index in [-0.39, 0.29) is 17.7 Å². The SMILES string of the molecule is COC(=O)c1cc(Br)cc(CN)c1C#N. The van der Waals surface area contributed by atoms with E-state index in [2.05, 4.69) is 20.7 Å². The fourth-order valence-corrected chi connectivity index (χ4v) is 1.73. The summed E-state index contributed by atoms with van der Waals surface area (Å²) in [4.78, 5) is 11.4.